The van der Waals surface area contributed by atoms with Gasteiger partial charge in [-0.1, -0.05) is 186 Å². The summed E-state index contributed by atoms with van der Waals surface area (Å²) in [6.45, 7) is 5.78. The second-order valence-corrected chi connectivity index (χ2v) is 19.7. The van der Waals surface area contributed by atoms with Gasteiger partial charge in [-0.2, -0.15) is 0 Å². The SMILES string of the molecule is C=CCCCCCCCCCCCCCCCC(=O)O[C@@H](COC(=O)CCCCCCCCCCCCC/C=C/CCCCCCCC)COP(=O)([O-])OCC[N+](C)(C)C. The number of unbranched alkanes of at least 4 members (excludes halogenated alkanes) is 30. The number of rotatable bonds is 47. The van der Waals surface area contributed by atoms with E-state index < -0.39 is 26.5 Å². The maximum absolute atomic E-state index is 12.7. The van der Waals surface area contributed by atoms with Gasteiger partial charge in [-0.3, -0.25) is 14.2 Å². The lowest BCUT2D eigenvalue weighted by atomic mass is 10.0. The van der Waals surface area contributed by atoms with E-state index in [-0.39, 0.29) is 32.0 Å². The van der Waals surface area contributed by atoms with Gasteiger partial charge in [0.05, 0.1) is 27.7 Å². The highest BCUT2D eigenvalue weighted by Crippen LogP contribution is 2.38. The van der Waals surface area contributed by atoms with Crippen molar-refractivity contribution in [1.82, 2.24) is 0 Å². The number of allylic oxidation sites excluding steroid dienone is 3. The minimum Gasteiger partial charge on any atom is -0.756 e. The third kappa shape index (κ3) is 46.0. The van der Waals surface area contributed by atoms with Crippen LogP contribution in [0, 0.1) is 0 Å². The van der Waals surface area contributed by atoms with Crippen LogP contribution in [0.5, 0.6) is 0 Å². The monoisotopic (exact) mass is 870 g/mol. The molecule has 0 fully saturated rings. The molecule has 10 heteroatoms. The molecular formula is C50H96NO8P. The summed E-state index contributed by atoms with van der Waals surface area (Å²) >= 11 is 0. The molecule has 0 aromatic rings. The molecule has 0 aromatic heterocycles. The van der Waals surface area contributed by atoms with Gasteiger partial charge in [0.1, 0.15) is 19.8 Å². The zero-order valence-corrected chi connectivity index (χ0v) is 40.6. The summed E-state index contributed by atoms with van der Waals surface area (Å²) < 4.78 is 34.0. The van der Waals surface area contributed by atoms with E-state index in [0.717, 1.165) is 44.9 Å². The number of carbonyl (C=O) groups is 2. The van der Waals surface area contributed by atoms with Crippen LogP contribution in [0.3, 0.4) is 0 Å². The topological polar surface area (TPSA) is 111 Å². The molecular weight excluding hydrogens is 774 g/mol. The summed E-state index contributed by atoms with van der Waals surface area (Å²) in [5, 5.41) is 0. The average Bonchev–Trinajstić information content (AvgIpc) is 3.20. The molecule has 0 rings (SSSR count). The number of likely N-dealkylation sites (N-methyl/N-ethyl adjacent to an activating group) is 1. The third-order valence-electron chi connectivity index (χ3n) is 11.1. The molecule has 0 aliphatic carbocycles. The molecule has 1 unspecified atom stereocenters. The van der Waals surface area contributed by atoms with Crippen molar-refractivity contribution < 1.29 is 42.1 Å². The van der Waals surface area contributed by atoms with Crippen LogP contribution < -0.4 is 4.89 Å². The predicted molar refractivity (Wildman–Crippen MR) is 250 cm³/mol. The van der Waals surface area contributed by atoms with Crippen molar-refractivity contribution in [3.8, 4) is 0 Å². The van der Waals surface area contributed by atoms with Gasteiger partial charge in [0.25, 0.3) is 7.82 Å². The first-order chi connectivity index (χ1) is 29.0. The molecule has 0 heterocycles. The lowest BCUT2D eigenvalue weighted by Crippen LogP contribution is -2.37. The summed E-state index contributed by atoms with van der Waals surface area (Å²) in [5.74, 6) is -0.828. The Labute approximate surface area is 370 Å². The van der Waals surface area contributed by atoms with Gasteiger partial charge in [0.2, 0.25) is 0 Å². The zero-order chi connectivity index (χ0) is 44.3. The molecule has 2 atom stereocenters. The summed E-state index contributed by atoms with van der Waals surface area (Å²) in [6, 6.07) is 0. The molecule has 0 saturated carbocycles. The van der Waals surface area contributed by atoms with Crippen LogP contribution in [0.1, 0.15) is 232 Å². The quantitative estimate of drug-likeness (QED) is 0.0195. The first-order valence-electron chi connectivity index (χ1n) is 25.0. The van der Waals surface area contributed by atoms with E-state index >= 15 is 0 Å². The van der Waals surface area contributed by atoms with Gasteiger partial charge < -0.3 is 27.9 Å². The van der Waals surface area contributed by atoms with E-state index in [4.69, 9.17) is 18.5 Å². The molecule has 0 amide bonds. The van der Waals surface area contributed by atoms with Crippen LogP contribution in [-0.2, 0) is 32.7 Å². The van der Waals surface area contributed by atoms with E-state index in [9.17, 15) is 19.0 Å². The second-order valence-electron chi connectivity index (χ2n) is 18.3. The maximum Gasteiger partial charge on any atom is 0.306 e. The Morgan fingerprint density at radius 3 is 1.35 bits per heavy atom. The van der Waals surface area contributed by atoms with Gasteiger partial charge >= 0.3 is 11.9 Å². The normalized spacial score (nSPS) is 13.4. The fraction of sp³-hybridized carbons (Fsp3) is 0.880. The number of hydrogen-bond acceptors (Lipinski definition) is 8. The van der Waals surface area contributed by atoms with Gasteiger partial charge in [0.15, 0.2) is 6.10 Å². The van der Waals surface area contributed by atoms with Crippen molar-refractivity contribution in [2.45, 2.75) is 238 Å². The number of nitrogens with zero attached hydrogens (tertiary/aromatic N) is 1. The van der Waals surface area contributed by atoms with Crippen molar-refractivity contribution in [2.75, 3.05) is 47.5 Å². The average molecular weight is 870 g/mol. The van der Waals surface area contributed by atoms with E-state index in [0.29, 0.717) is 17.4 Å². The van der Waals surface area contributed by atoms with Crippen LogP contribution in [0.2, 0.25) is 0 Å². The van der Waals surface area contributed by atoms with Gasteiger partial charge in [-0.05, 0) is 51.4 Å². The molecule has 60 heavy (non-hydrogen) atoms. The molecule has 0 saturated heterocycles. The first-order valence-corrected chi connectivity index (χ1v) is 26.5. The molecule has 0 bridgehead atoms. The highest BCUT2D eigenvalue weighted by atomic mass is 31.2. The molecule has 0 aliphatic heterocycles. The molecule has 0 N–H and O–H groups in total. The number of hydrogen-bond donors (Lipinski definition) is 0. The third-order valence-corrected chi connectivity index (χ3v) is 12.1. The van der Waals surface area contributed by atoms with Crippen molar-refractivity contribution in [3.63, 3.8) is 0 Å². The summed E-state index contributed by atoms with van der Waals surface area (Å²) in [6.07, 6.45) is 46.7. The standard InChI is InChI=1S/C50H96NO8P/c1-6-8-10-12-14-16-18-20-22-23-24-25-26-27-29-30-32-34-36-38-40-42-49(52)56-46-48(47-58-60(54,55)57-45-44-51(3,4)5)59-50(53)43-41-39-37-35-33-31-28-21-19-17-15-13-11-9-7-2/h7,20,22,48H,2,6,8-19,21,23-47H2,1,3-5H3/b22-20+/t48-/m0/s1. The van der Waals surface area contributed by atoms with Gasteiger partial charge in [0, 0.05) is 12.8 Å². The van der Waals surface area contributed by atoms with Crippen molar-refractivity contribution >= 4 is 19.8 Å². The maximum atomic E-state index is 12.7. The fourth-order valence-corrected chi connectivity index (χ4v) is 7.89. The van der Waals surface area contributed by atoms with Crippen LogP contribution in [0.4, 0.5) is 0 Å². The largest absolute Gasteiger partial charge is 0.756 e. The molecule has 0 radical (unpaired) electrons. The Kier molecular flexibility index (Phi) is 41.7. The van der Waals surface area contributed by atoms with Crippen molar-refractivity contribution in [3.05, 3.63) is 24.8 Å². The Bertz CT molecular complexity index is 1060. The molecule has 9 nitrogen and oxygen atoms in total. The van der Waals surface area contributed by atoms with Crippen LogP contribution in [0.15, 0.2) is 24.8 Å². The number of phosphoric acid groups is 1. The van der Waals surface area contributed by atoms with Crippen LogP contribution in [0.25, 0.3) is 0 Å². The Balaban J connectivity index is 4.20. The summed E-state index contributed by atoms with van der Waals surface area (Å²) in [4.78, 5) is 37.7. The lowest BCUT2D eigenvalue weighted by molar-refractivity contribution is -0.870. The van der Waals surface area contributed by atoms with Crippen molar-refractivity contribution in [1.29, 1.82) is 0 Å². The zero-order valence-electron chi connectivity index (χ0n) is 39.8. The molecule has 0 aliphatic rings. The smallest absolute Gasteiger partial charge is 0.306 e. The predicted octanol–water partition coefficient (Wildman–Crippen LogP) is 14.1. The fourth-order valence-electron chi connectivity index (χ4n) is 7.16. The minimum absolute atomic E-state index is 0.0297. The Hall–Kier alpha value is -1.51. The summed E-state index contributed by atoms with van der Waals surface area (Å²) in [5.41, 5.74) is 0. The highest BCUT2D eigenvalue weighted by molar-refractivity contribution is 7.45. The summed E-state index contributed by atoms with van der Waals surface area (Å²) in [7, 11) is 1.17. The van der Waals surface area contributed by atoms with Gasteiger partial charge in [-0.25, -0.2) is 0 Å². The number of ether oxygens (including phenoxy) is 2. The molecule has 0 aromatic carbocycles. The van der Waals surface area contributed by atoms with Crippen LogP contribution in [-0.4, -0.2) is 70.0 Å². The van der Waals surface area contributed by atoms with E-state index in [1.54, 1.807) is 0 Å². The minimum atomic E-state index is -4.63. The Morgan fingerprint density at radius 2 is 0.933 bits per heavy atom. The van der Waals surface area contributed by atoms with Crippen LogP contribution >= 0.6 is 7.82 Å². The van der Waals surface area contributed by atoms with Crippen molar-refractivity contribution in [2.24, 2.45) is 0 Å². The van der Waals surface area contributed by atoms with E-state index in [2.05, 4.69) is 25.7 Å². The number of phosphoric ester groups is 1. The number of esters is 2. The molecule has 354 valence electrons. The first kappa shape index (κ1) is 58.5. The second kappa shape index (κ2) is 42.8. The van der Waals surface area contributed by atoms with E-state index in [1.165, 1.54) is 161 Å². The molecule has 0 spiro atoms. The Morgan fingerprint density at radius 1 is 0.550 bits per heavy atom. The highest BCUT2D eigenvalue weighted by Gasteiger charge is 2.21. The lowest BCUT2D eigenvalue weighted by Gasteiger charge is -2.28. The number of quaternary nitrogens is 1. The van der Waals surface area contributed by atoms with E-state index in [1.807, 2.05) is 27.2 Å². The number of carbonyl (C=O) groups excluding carboxylic acids is 2. The van der Waals surface area contributed by atoms with Gasteiger partial charge in [-0.15, -0.1) is 6.58 Å².